The van der Waals surface area contributed by atoms with Gasteiger partial charge in [-0.25, -0.2) is 18.4 Å². The first kappa shape index (κ1) is 41.6. The van der Waals surface area contributed by atoms with Crippen LogP contribution in [0.3, 0.4) is 0 Å². The highest BCUT2D eigenvalue weighted by molar-refractivity contribution is 7.92. The van der Waals surface area contributed by atoms with Crippen LogP contribution in [0.2, 0.25) is 0 Å². The van der Waals surface area contributed by atoms with E-state index in [4.69, 9.17) is 19.4 Å². The lowest BCUT2D eigenvalue weighted by Crippen LogP contribution is -2.24. The van der Waals surface area contributed by atoms with Crippen molar-refractivity contribution in [2.24, 2.45) is 5.41 Å². The van der Waals surface area contributed by atoms with E-state index in [9.17, 15) is 13.2 Å². The second kappa shape index (κ2) is 16.6. The normalized spacial score (nSPS) is 12.2. The SMILES string of the molecule is CC.COc1ccc(Nc2cc(Oc3ccc(C(C)(C)CC(C)(C)C)cc3)c3nc(-c4ccccc4NS(=O)(=O)c4ccccc4)nc4c3c2C(=O)c2ccccc2-4)cc1. The fourth-order valence-corrected chi connectivity index (χ4v) is 9.06. The predicted octanol–water partition coefficient (Wildman–Crippen LogP) is 12.6. The summed E-state index contributed by atoms with van der Waals surface area (Å²) in [4.78, 5) is 24.9. The second-order valence-corrected chi connectivity index (χ2v) is 18.0. The molecule has 1 aliphatic rings. The molecule has 0 radical (unpaired) electrons. The number of nitrogens with zero attached hydrogens (tertiary/aromatic N) is 2. The third kappa shape index (κ3) is 8.47. The topological polar surface area (TPSA) is 120 Å². The summed E-state index contributed by atoms with van der Waals surface area (Å²) in [5.41, 5.74) is 5.70. The first-order chi connectivity index (χ1) is 28.7. The van der Waals surface area contributed by atoms with Gasteiger partial charge in [0.2, 0.25) is 0 Å². The van der Waals surface area contributed by atoms with Crippen LogP contribution in [0.15, 0.2) is 138 Å². The van der Waals surface area contributed by atoms with E-state index in [1.54, 1.807) is 61.7 Å². The van der Waals surface area contributed by atoms with E-state index in [-0.39, 0.29) is 27.3 Å². The van der Waals surface area contributed by atoms with E-state index in [0.717, 1.165) is 12.1 Å². The summed E-state index contributed by atoms with van der Waals surface area (Å²) in [6.45, 7) is 15.2. The Labute approximate surface area is 352 Å². The molecule has 0 amide bonds. The standard InChI is InChI=1S/C48H44N4O5S.C2H6/c1-47(2,3)29-48(4,5)30-20-24-33(25-21-30)57-40-28-39(49-31-22-26-32(56-6)27-23-31)41-42-43(35-16-10-11-17-36(35)45(41)53)50-46(51-44(40)42)37-18-12-13-19-38(37)52-58(54,55)34-14-8-7-9-15-34;1-2/h7-28,49,52H,29H2,1-6H3;1-2H3. The van der Waals surface area contributed by atoms with Crippen LogP contribution in [0, 0.1) is 5.41 Å². The molecular formula is C50H50N4O5S. The highest BCUT2D eigenvalue weighted by atomic mass is 32.2. The summed E-state index contributed by atoms with van der Waals surface area (Å²) >= 11 is 0. The number of hydrogen-bond acceptors (Lipinski definition) is 8. The molecule has 1 aliphatic carbocycles. The molecule has 306 valence electrons. The zero-order chi connectivity index (χ0) is 42.8. The number of carbonyl (C=O) groups is 1. The fourth-order valence-electron chi connectivity index (χ4n) is 7.96. The number of benzene rings is 6. The van der Waals surface area contributed by atoms with Gasteiger partial charge < -0.3 is 14.8 Å². The first-order valence-corrected chi connectivity index (χ1v) is 21.6. The van der Waals surface area contributed by atoms with Crippen molar-refractivity contribution in [2.45, 2.75) is 65.2 Å². The summed E-state index contributed by atoms with van der Waals surface area (Å²) in [5, 5.41) is 3.99. The number of rotatable bonds is 11. The summed E-state index contributed by atoms with van der Waals surface area (Å²) in [6.07, 6.45) is 0.994. The summed E-state index contributed by atoms with van der Waals surface area (Å²) in [5.74, 6) is 1.73. The highest BCUT2D eigenvalue weighted by Gasteiger charge is 2.33. The molecule has 6 aromatic carbocycles. The van der Waals surface area contributed by atoms with Crippen molar-refractivity contribution in [3.63, 3.8) is 0 Å². The molecule has 9 nitrogen and oxygen atoms in total. The molecule has 0 atom stereocenters. The van der Waals surface area contributed by atoms with E-state index < -0.39 is 10.0 Å². The lowest BCUT2D eigenvalue weighted by molar-refractivity contribution is 0.104. The van der Waals surface area contributed by atoms with Crippen LogP contribution in [-0.4, -0.2) is 31.3 Å². The maximum Gasteiger partial charge on any atom is 0.261 e. The van der Waals surface area contributed by atoms with Crippen LogP contribution >= 0.6 is 0 Å². The van der Waals surface area contributed by atoms with Crippen molar-refractivity contribution in [2.75, 3.05) is 17.1 Å². The molecule has 0 aliphatic heterocycles. The molecule has 1 heterocycles. The van der Waals surface area contributed by atoms with Gasteiger partial charge in [-0.1, -0.05) is 115 Å². The molecule has 0 unspecified atom stereocenters. The molecule has 8 rings (SSSR count). The summed E-state index contributed by atoms with van der Waals surface area (Å²) in [6, 6.07) is 39.9. The molecule has 7 aromatic rings. The Balaban J connectivity index is 0.00000268. The van der Waals surface area contributed by atoms with Gasteiger partial charge in [0.25, 0.3) is 10.0 Å². The number of sulfonamides is 1. The molecule has 1 aromatic heterocycles. The number of nitrogens with one attached hydrogen (secondary N) is 2. The van der Waals surface area contributed by atoms with Crippen LogP contribution in [0.4, 0.5) is 17.1 Å². The third-order valence-electron chi connectivity index (χ3n) is 10.3. The molecule has 0 spiro atoms. The van der Waals surface area contributed by atoms with Crippen molar-refractivity contribution in [3.8, 4) is 39.9 Å². The number of methoxy groups -OCH3 is 1. The van der Waals surface area contributed by atoms with Crippen molar-refractivity contribution >= 4 is 43.8 Å². The average molecular weight is 819 g/mol. The molecule has 0 fully saturated rings. The smallest absolute Gasteiger partial charge is 0.261 e. The number of ether oxygens (including phenoxy) is 2. The Morgan fingerprint density at radius 2 is 1.27 bits per heavy atom. The minimum absolute atomic E-state index is 0.0716. The number of anilines is 3. The molecular weight excluding hydrogens is 769 g/mol. The fraction of sp³-hybridized carbons (Fsp3) is 0.220. The van der Waals surface area contributed by atoms with Crippen LogP contribution in [0.25, 0.3) is 33.5 Å². The molecule has 0 saturated carbocycles. The Morgan fingerprint density at radius 1 is 0.667 bits per heavy atom. The molecule has 60 heavy (non-hydrogen) atoms. The van der Waals surface area contributed by atoms with Gasteiger partial charge in [-0.05, 0) is 83.5 Å². The summed E-state index contributed by atoms with van der Waals surface area (Å²) < 4.78 is 42.1. The van der Waals surface area contributed by atoms with Gasteiger partial charge >= 0.3 is 0 Å². The lowest BCUT2D eigenvalue weighted by atomic mass is 9.72. The minimum Gasteiger partial charge on any atom is -0.497 e. The maximum atomic E-state index is 14.6. The largest absolute Gasteiger partial charge is 0.497 e. The van der Waals surface area contributed by atoms with Gasteiger partial charge in [0, 0.05) is 33.8 Å². The highest BCUT2D eigenvalue weighted by Crippen LogP contribution is 2.47. The van der Waals surface area contributed by atoms with Crippen LogP contribution in [0.1, 0.15) is 76.4 Å². The average Bonchev–Trinajstić information content (AvgIpc) is 3.24. The predicted molar refractivity (Wildman–Crippen MR) is 242 cm³/mol. The van der Waals surface area contributed by atoms with Crippen LogP contribution in [0.5, 0.6) is 17.2 Å². The van der Waals surface area contributed by atoms with Gasteiger partial charge in [-0.2, -0.15) is 0 Å². The Kier molecular flexibility index (Phi) is 11.5. The Bertz CT molecular complexity index is 2800. The summed E-state index contributed by atoms with van der Waals surface area (Å²) in [7, 11) is -2.35. The Hall–Kier alpha value is -6.52. The number of fused-ring (bicyclic) bond motifs is 2. The second-order valence-electron chi connectivity index (χ2n) is 16.4. The number of para-hydroxylation sites is 1. The van der Waals surface area contributed by atoms with Crippen molar-refractivity contribution in [1.29, 1.82) is 0 Å². The van der Waals surface area contributed by atoms with Crippen LogP contribution in [-0.2, 0) is 15.4 Å². The number of ketones is 1. The number of hydrogen-bond donors (Lipinski definition) is 2. The zero-order valence-corrected chi connectivity index (χ0v) is 36.1. The Morgan fingerprint density at radius 3 is 1.92 bits per heavy atom. The lowest BCUT2D eigenvalue weighted by Gasteiger charge is -2.33. The van der Waals surface area contributed by atoms with Gasteiger partial charge in [-0.3, -0.25) is 9.52 Å². The molecule has 0 bridgehead atoms. The van der Waals surface area contributed by atoms with Crippen molar-refractivity contribution in [1.82, 2.24) is 9.97 Å². The number of aromatic nitrogens is 2. The zero-order valence-electron chi connectivity index (χ0n) is 35.3. The monoisotopic (exact) mass is 818 g/mol. The van der Waals surface area contributed by atoms with E-state index >= 15 is 0 Å². The van der Waals surface area contributed by atoms with E-state index in [0.29, 0.717) is 67.5 Å². The quantitative estimate of drug-likeness (QED) is 0.132. The molecule has 0 saturated heterocycles. The van der Waals surface area contributed by atoms with E-state index in [1.165, 1.54) is 17.7 Å². The minimum atomic E-state index is -3.96. The number of carbonyl (C=O) groups excluding carboxylic acids is 1. The van der Waals surface area contributed by atoms with E-state index in [1.807, 2.05) is 68.4 Å². The van der Waals surface area contributed by atoms with Gasteiger partial charge in [0.1, 0.15) is 17.0 Å². The van der Waals surface area contributed by atoms with Gasteiger partial charge in [-0.15, -0.1) is 0 Å². The van der Waals surface area contributed by atoms with Gasteiger partial charge in [0.15, 0.2) is 17.4 Å². The molecule has 10 heteroatoms. The van der Waals surface area contributed by atoms with Gasteiger partial charge in [0.05, 0.1) is 34.6 Å². The van der Waals surface area contributed by atoms with Crippen LogP contribution < -0.4 is 19.5 Å². The third-order valence-corrected chi connectivity index (χ3v) is 11.6. The maximum absolute atomic E-state index is 14.6. The van der Waals surface area contributed by atoms with Crippen molar-refractivity contribution in [3.05, 3.63) is 150 Å². The van der Waals surface area contributed by atoms with Crippen molar-refractivity contribution < 1.29 is 22.7 Å². The van der Waals surface area contributed by atoms with E-state index in [2.05, 4.69) is 56.8 Å². The molecule has 2 N–H and O–H groups in total. The first-order valence-electron chi connectivity index (χ1n) is 20.1.